The minimum atomic E-state index is -0.705. The quantitative estimate of drug-likeness (QED) is 0.174. The average molecular weight is 328 g/mol. The fourth-order valence-corrected chi connectivity index (χ4v) is 2.26. The van der Waals surface area contributed by atoms with Gasteiger partial charge < -0.3 is 5.11 Å². The summed E-state index contributed by atoms with van der Waals surface area (Å²) in [6, 6.07) is 0. The van der Waals surface area contributed by atoms with Crippen molar-refractivity contribution in [1.29, 1.82) is 0 Å². The van der Waals surface area contributed by atoms with E-state index in [1.165, 1.54) is 0 Å². The molecule has 0 aliphatic rings. The third kappa shape index (κ3) is 17.0. The highest BCUT2D eigenvalue weighted by atomic mass is 17.5. The highest BCUT2D eigenvalue weighted by Crippen LogP contribution is 2.09. The van der Waals surface area contributed by atoms with Crippen LogP contribution in [0.15, 0.2) is 24.3 Å². The molecule has 0 aliphatic carbocycles. The topological polar surface area (TPSA) is 76.0 Å². The second-order valence-corrected chi connectivity index (χ2v) is 5.72. The van der Waals surface area contributed by atoms with E-state index in [4.69, 9.17) is 15.3 Å². The average Bonchev–Trinajstić information content (AvgIpc) is 2.52. The fourth-order valence-electron chi connectivity index (χ4n) is 2.26. The second-order valence-electron chi connectivity index (χ2n) is 5.72. The molecule has 2 N–H and O–H groups in total. The molecule has 0 spiro atoms. The van der Waals surface area contributed by atoms with E-state index in [0.717, 1.165) is 64.2 Å². The number of allylic oxidation sites excluding steroid dienone is 3. The van der Waals surface area contributed by atoms with Gasteiger partial charge in [-0.25, -0.2) is 5.26 Å². The highest BCUT2D eigenvalue weighted by Gasteiger charge is 2.04. The maximum atomic E-state index is 10.4. The monoisotopic (exact) mass is 328 g/mol. The number of carboxylic acid groups (broad SMARTS) is 1. The lowest BCUT2D eigenvalue weighted by atomic mass is 10.1. The van der Waals surface area contributed by atoms with Crippen molar-refractivity contribution in [2.45, 2.75) is 83.7 Å². The first-order valence-electron chi connectivity index (χ1n) is 8.72. The Kier molecular flexibility index (Phi) is 16.3. The molecule has 0 unspecified atom stereocenters. The van der Waals surface area contributed by atoms with Crippen LogP contribution in [0, 0.1) is 0 Å². The van der Waals surface area contributed by atoms with Gasteiger partial charge in [-0.15, -0.1) is 0 Å². The van der Waals surface area contributed by atoms with Gasteiger partial charge in [0.25, 0.3) is 0 Å². The molecule has 0 aromatic rings. The number of hydrogen-bond donors (Lipinski definition) is 2. The normalized spacial score (nSPS) is 13.1. The van der Waals surface area contributed by atoms with Crippen LogP contribution in [0.4, 0.5) is 0 Å². The van der Waals surface area contributed by atoms with Gasteiger partial charge in [0.1, 0.15) is 6.10 Å². The van der Waals surface area contributed by atoms with Crippen LogP contribution in [0.25, 0.3) is 0 Å². The summed E-state index contributed by atoms with van der Waals surface area (Å²) in [6.07, 6.45) is 18.2. The number of carbonyl (C=O) groups is 1. The van der Waals surface area contributed by atoms with Crippen LogP contribution < -0.4 is 0 Å². The van der Waals surface area contributed by atoms with Gasteiger partial charge in [-0.05, 0) is 25.7 Å². The molecule has 134 valence electrons. The molecule has 0 radical (unpaired) electrons. The standard InChI is InChI=1S/C18H32O5/c1-2-3-11-14-17(22-23-21)15-12-9-7-5-4-6-8-10-13-16-18(19)20/h7,9,12,15,17,21H,2-6,8,10-11,13-14,16H2,1H3,(H,19,20)/b9-7-,15-12+/t17-/m0/s1. The van der Waals surface area contributed by atoms with Crippen LogP contribution in [-0.4, -0.2) is 22.4 Å². The molecule has 0 rings (SSSR count). The largest absolute Gasteiger partial charge is 0.481 e. The summed E-state index contributed by atoms with van der Waals surface area (Å²) in [5.74, 6) is -0.705. The first kappa shape index (κ1) is 21.8. The van der Waals surface area contributed by atoms with Gasteiger partial charge >= 0.3 is 5.97 Å². The van der Waals surface area contributed by atoms with Gasteiger partial charge in [-0.3, -0.25) is 4.79 Å². The first-order chi connectivity index (χ1) is 11.2. The second kappa shape index (κ2) is 17.2. The molecule has 0 heterocycles. The minimum absolute atomic E-state index is 0.217. The van der Waals surface area contributed by atoms with E-state index < -0.39 is 5.97 Å². The Morgan fingerprint density at radius 1 is 1.04 bits per heavy atom. The summed E-state index contributed by atoms with van der Waals surface area (Å²) in [5, 5.41) is 20.7. The summed E-state index contributed by atoms with van der Waals surface area (Å²) in [5.41, 5.74) is 0. The summed E-state index contributed by atoms with van der Waals surface area (Å²) in [7, 11) is 0. The molecule has 5 heteroatoms. The fraction of sp³-hybridized carbons (Fsp3) is 0.722. The van der Waals surface area contributed by atoms with Crippen molar-refractivity contribution in [2.24, 2.45) is 0 Å². The van der Waals surface area contributed by atoms with Crippen LogP contribution in [0.3, 0.4) is 0 Å². The molecular formula is C18H32O5. The van der Waals surface area contributed by atoms with Crippen LogP contribution >= 0.6 is 0 Å². The van der Waals surface area contributed by atoms with Crippen molar-refractivity contribution >= 4 is 5.97 Å². The van der Waals surface area contributed by atoms with Crippen LogP contribution in [0.2, 0.25) is 0 Å². The molecule has 0 aromatic heterocycles. The number of aliphatic carboxylic acids is 1. The predicted octanol–water partition coefficient (Wildman–Crippen LogP) is 5.28. The van der Waals surface area contributed by atoms with E-state index in [9.17, 15) is 4.79 Å². The van der Waals surface area contributed by atoms with Gasteiger partial charge in [0.05, 0.1) is 0 Å². The zero-order valence-electron chi connectivity index (χ0n) is 14.3. The van der Waals surface area contributed by atoms with E-state index >= 15 is 0 Å². The van der Waals surface area contributed by atoms with Gasteiger partial charge in [-0.2, -0.15) is 4.89 Å². The van der Waals surface area contributed by atoms with Gasteiger partial charge in [-0.1, -0.05) is 74.8 Å². The van der Waals surface area contributed by atoms with Crippen LogP contribution in [0.1, 0.15) is 77.6 Å². The third-order valence-corrected chi connectivity index (χ3v) is 3.59. The molecule has 5 nitrogen and oxygen atoms in total. The lowest BCUT2D eigenvalue weighted by Gasteiger charge is -2.08. The molecule has 0 aromatic carbocycles. The maximum Gasteiger partial charge on any atom is 0.303 e. The predicted molar refractivity (Wildman–Crippen MR) is 91.0 cm³/mol. The van der Waals surface area contributed by atoms with E-state index in [0.29, 0.717) is 0 Å². The van der Waals surface area contributed by atoms with Crippen LogP contribution in [-0.2, 0) is 14.7 Å². The van der Waals surface area contributed by atoms with Crippen molar-refractivity contribution in [2.75, 3.05) is 0 Å². The van der Waals surface area contributed by atoms with Crippen molar-refractivity contribution in [3.05, 3.63) is 24.3 Å². The van der Waals surface area contributed by atoms with E-state index in [1.54, 1.807) is 0 Å². The van der Waals surface area contributed by atoms with Gasteiger partial charge in [0.15, 0.2) is 0 Å². The molecular weight excluding hydrogens is 296 g/mol. The van der Waals surface area contributed by atoms with Crippen molar-refractivity contribution in [1.82, 2.24) is 0 Å². The summed E-state index contributed by atoms with van der Waals surface area (Å²) >= 11 is 0. The lowest BCUT2D eigenvalue weighted by Crippen LogP contribution is -2.08. The summed E-state index contributed by atoms with van der Waals surface area (Å²) < 4.78 is 0. The SMILES string of the molecule is CCCCC[C@@H](/C=C/C=C\CCCCCCCC(=O)O)OOO. The number of hydrogen-bond acceptors (Lipinski definition) is 4. The third-order valence-electron chi connectivity index (χ3n) is 3.59. The number of carboxylic acids is 1. The highest BCUT2D eigenvalue weighted by molar-refractivity contribution is 5.66. The lowest BCUT2D eigenvalue weighted by molar-refractivity contribution is -0.501. The number of unbranched alkanes of at least 4 members (excludes halogenated alkanes) is 7. The molecule has 0 saturated heterocycles. The van der Waals surface area contributed by atoms with Gasteiger partial charge in [0.2, 0.25) is 0 Å². The summed E-state index contributed by atoms with van der Waals surface area (Å²) in [4.78, 5) is 15.1. The maximum absolute atomic E-state index is 10.4. The van der Waals surface area contributed by atoms with Crippen molar-refractivity contribution < 1.29 is 25.1 Å². The molecule has 0 bridgehead atoms. The molecule has 0 amide bonds. The van der Waals surface area contributed by atoms with E-state index in [2.05, 4.69) is 18.0 Å². The van der Waals surface area contributed by atoms with Crippen molar-refractivity contribution in [3.63, 3.8) is 0 Å². The summed E-state index contributed by atoms with van der Waals surface area (Å²) in [6.45, 7) is 2.14. The molecule has 0 saturated carbocycles. The van der Waals surface area contributed by atoms with E-state index in [-0.39, 0.29) is 12.5 Å². The zero-order chi connectivity index (χ0) is 17.2. The molecule has 1 atom stereocenters. The first-order valence-corrected chi connectivity index (χ1v) is 8.72. The minimum Gasteiger partial charge on any atom is -0.481 e. The Hall–Kier alpha value is -1.17. The van der Waals surface area contributed by atoms with Crippen LogP contribution in [0.5, 0.6) is 0 Å². The Morgan fingerprint density at radius 3 is 2.48 bits per heavy atom. The molecule has 0 aliphatic heterocycles. The number of rotatable bonds is 16. The van der Waals surface area contributed by atoms with Gasteiger partial charge in [0, 0.05) is 6.42 Å². The smallest absolute Gasteiger partial charge is 0.303 e. The Morgan fingerprint density at radius 2 is 1.78 bits per heavy atom. The molecule has 23 heavy (non-hydrogen) atoms. The molecule has 0 fully saturated rings. The Balaban J connectivity index is 3.62. The van der Waals surface area contributed by atoms with E-state index in [1.807, 2.05) is 18.2 Å². The van der Waals surface area contributed by atoms with Crippen molar-refractivity contribution in [3.8, 4) is 0 Å². The zero-order valence-corrected chi connectivity index (χ0v) is 14.3. The Bertz CT molecular complexity index is 325. The Labute approximate surface area is 139 Å².